The third-order valence-electron chi connectivity index (χ3n) is 4.67. The Morgan fingerprint density at radius 3 is 2.62 bits per heavy atom. The zero-order chi connectivity index (χ0) is 18.7. The average Bonchev–Trinajstić information content (AvgIpc) is 2.64. The summed E-state index contributed by atoms with van der Waals surface area (Å²) in [4.78, 5) is 26.4. The highest BCUT2D eigenvalue weighted by atomic mass is 35.5. The van der Waals surface area contributed by atoms with Crippen LogP contribution in [-0.4, -0.2) is 36.5 Å². The van der Waals surface area contributed by atoms with E-state index in [1.165, 1.54) is 0 Å². The van der Waals surface area contributed by atoms with Crippen LogP contribution in [0.15, 0.2) is 48.5 Å². The average molecular weight is 373 g/mol. The van der Waals surface area contributed by atoms with Gasteiger partial charge in [-0.05, 0) is 35.7 Å². The first-order valence-corrected chi connectivity index (χ1v) is 8.80. The van der Waals surface area contributed by atoms with Crippen LogP contribution >= 0.6 is 11.6 Å². The minimum atomic E-state index is -0.775. The Morgan fingerprint density at radius 2 is 1.92 bits per heavy atom. The van der Waals surface area contributed by atoms with Gasteiger partial charge in [0.05, 0.1) is 6.04 Å². The molecular weight excluding hydrogens is 352 g/mol. The fraction of sp³-hybridized carbons (Fsp3) is 0.300. The minimum Gasteiger partial charge on any atom is -0.356 e. The molecule has 6 heteroatoms. The smallest absolute Gasteiger partial charge is 0.251 e. The number of amides is 2. The summed E-state index contributed by atoms with van der Waals surface area (Å²) >= 11 is 5.96. The van der Waals surface area contributed by atoms with E-state index in [0.717, 1.165) is 16.7 Å². The molecule has 0 radical (unpaired) electrons. The number of rotatable bonds is 4. The maximum Gasteiger partial charge on any atom is 0.251 e. The maximum atomic E-state index is 12.8. The number of carbonyl (C=O) groups is 2. The van der Waals surface area contributed by atoms with Gasteiger partial charge in [0.1, 0.15) is 6.61 Å². The predicted octanol–water partition coefficient (Wildman–Crippen LogP) is 2.86. The molecule has 5 nitrogen and oxygen atoms in total. The molecular formula is C20H21ClN2O3. The monoisotopic (exact) mass is 372 g/mol. The van der Waals surface area contributed by atoms with Crippen LogP contribution in [0.2, 0.25) is 5.02 Å². The number of morpholine rings is 1. The van der Waals surface area contributed by atoms with Gasteiger partial charge in [-0.2, -0.15) is 0 Å². The quantitative estimate of drug-likeness (QED) is 0.897. The van der Waals surface area contributed by atoms with Crippen LogP contribution in [0.3, 0.4) is 0 Å². The molecule has 2 aromatic carbocycles. The van der Waals surface area contributed by atoms with Crippen molar-refractivity contribution in [3.8, 4) is 0 Å². The highest BCUT2D eigenvalue weighted by Gasteiger charge is 2.39. The summed E-state index contributed by atoms with van der Waals surface area (Å²) in [5.41, 5.74) is 2.96. The Kier molecular flexibility index (Phi) is 5.59. The molecule has 1 aliphatic rings. The van der Waals surface area contributed by atoms with Crippen molar-refractivity contribution in [1.29, 1.82) is 0 Å². The van der Waals surface area contributed by atoms with E-state index in [4.69, 9.17) is 16.3 Å². The summed E-state index contributed by atoms with van der Waals surface area (Å²) in [5, 5.41) is 3.53. The van der Waals surface area contributed by atoms with E-state index < -0.39 is 12.1 Å². The van der Waals surface area contributed by atoms with Gasteiger partial charge >= 0.3 is 0 Å². The summed E-state index contributed by atoms with van der Waals surface area (Å²) in [5.74, 6) is -0.402. The predicted molar refractivity (Wildman–Crippen MR) is 99.7 cm³/mol. The van der Waals surface area contributed by atoms with Gasteiger partial charge < -0.3 is 15.0 Å². The Balaban J connectivity index is 1.79. The lowest BCUT2D eigenvalue weighted by molar-refractivity contribution is -0.162. The normalized spacial score (nSPS) is 20.1. The van der Waals surface area contributed by atoms with Crippen molar-refractivity contribution in [3.05, 3.63) is 70.2 Å². The zero-order valence-corrected chi connectivity index (χ0v) is 15.5. The Bertz CT molecular complexity index is 807. The number of hydrogen-bond acceptors (Lipinski definition) is 3. The molecule has 0 aliphatic carbocycles. The van der Waals surface area contributed by atoms with Crippen molar-refractivity contribution in [3.63, 3.8) is 0 Å². The number of nitrogens with zero attached hydrogens (tertiary/aromatic N) is 1. The van der Waals surface area contributed by atoms with E-state index in [-0.39, 0.29) is 18.4 Å². The number of benzene rings is 2. The summed E-state index contributed by atoms with van der Waals surface area (Å²) in [7, 11) is 1.69. The lowest BCUT2D eigenvalue weighted by Gasteiger charge is -2.38. The molecule has 2 amide bonds. The fourth-order valence-corrected chi connectivity index (χ4v) is 3.21. The van der Waals surface area contributed by atoms with Gasteiger partial charge in [0.25, 0.3) is 5.91 Å². The number of halogens is 1. The van der Waals surface area contributed by atoms with Crippen LogP contribution in [0.4, 0.5) is 0 Å². The molecule has 1 fully saturated rings. The van der Waals surface area contributed by atoms with Crippen molar-refractivity contribution >= 4 is 23.4 Å². The van der Waals surface area contributed by atoms with Crippen LogP contribution in [0.25, 0.3) is 0 Å². The molecule has 0 aromatic heterocycles. The van der Waals surface area contributed by atoms with E-state index in [1.807, 2.05) is 43.3 Å². The van der Waals surface area contributed by atoms with Crippen LogP contribution in [0, 0.1) is 6.92 Å². The molecule has 2 atom stereocenters. The first-order valence-electron chi connectivity index (χ1n) is 8.42. The number of nitrogens with one attached hydrogen (secondary N) is 1. The van der Waals surface area contributed by atoms with Crippen molar-refractivity contribution in [2.45, 2.75) is 25.6 Å². The van der Waals surface area contributed by atoms with Gasteiger partial charge in [0, 0.05) is 18.6 Å². The molecule has 0 spiro atoms. The first-order chi connectivity index (χ1) is 12.5. The zero-order valence-electron chi connectivity index (χ0n) is 14.7. The lowest BCUT2D eigenvalue weighted by Crippen LogP contribution is -2.52. The van der Waals surface area contributed by atoms with Gasteiger partial charge in [0.2, 0.25) is 5.91 Å². The number of carbonyl (C=O) groups excluding carboxylic acids is 2. The second kappa shape index (κ2) is 7.89. The van der Waals surface area contributed by atoms with Crippen LogP contribution in [0.5, 0.6) is 0 Å². The highest BCUT2D eigenvalue weighted by Crippen LogP contribution is 2.30. The van der Waals surface area contributed by atoms with Gasteiger partial charge in [0.15, 0.2) is 6.10 Å². The minimum absolute atomic E-state index is 0.108. The molecule has 0 saturated carbocycles. The molecule has 3 rings (SSSR count). The molecule has 0 bridgehead atoms. The third kappa shape index (κ3) is 3.89. The van der Waals surface area contributed by atoms with Crippen LogP contribution < -0.4 is 5.32 Å². The molecule has 26 heavy (non-hydrogen) atoms. The fourth-order valence-electron chi connectivity index (χ4n) is 3.08. The molecule has 1 saturated heterocycles. The Labute approximate surface area is 157 Å². The summed E-state index contributed by atoms with van der Waals surface area (Å²) in [6, 6.07) is 14.5. The second-order valence-electron chi connectivity index (χ2n) is 6.38. The summed E-state index contributed by atoms with van der Waals surface area (Å²) in [6.07, 6.45) is -0.775. The molecule has 136 valence electrons. The molecule has 1 heterocycles. The summed E-state index contributed by atoms with van der Waals surface area (Å²) in [6.45, 7) is 2.31. The number of hydrogen-bond donors (Lipinski definition) is 1. The number of ether oxygens (including phenoxy) is 1. The van der Waals surface area contributed by atoms with Gasteiger partial charge in [-0.25, -0.2) is 0 Å². The van der Waals surface area contributed by atoms with Crippen LogP contribution in [-0.2, 0) is 20.9 Å². The maximum absolute atomic E-state index is 12.8. The number of aryl methyl sites for hydroxylation is 1. The molecule has 2 aromatic rings. The van der Waals surface area contributed by atoms with E-state index in [1.54, 1.807) is 24.1 Å². The lowest BCUT2D eigenvalue weighted by atomic mass is 9.97. The van der Waals surface area contributed by atoms with Gasteiger partial charge in [-0.1, -0.05) is 48.0 Å². The van der Waals surface area contributed by atoms with Crippen molar-refractivity contribution < 1.29 is 14.3 Å². The van der Waals surface area contributed by atoms with E-state index in [2.05, 4.69) is 5.32 Å². The summed E-state index contributed by atoms with van der Waals surface area (Å²) < 4.78 is 5.60. The topological polar surface area (TPSA) is 58.6 Å². The molecule has 1 aliphatic heterocycles. The van der Waals surface area contributed by atoms with Gasteiger partial charge in [-0.3, -0.25) is 9.59 Å². The van der Waals surface area contributed by atoms with Crippen LogP contribution in [0.1, 0.15) is 22.7 Å². The molecule has 1 N–H and O–H groups in total. The SMILES string of the molecule is Cc1ccccc1CNC(=O)[C@H]1OCC(=O)N(C)[C@@H]1c1ccc(Cl)cc1. The molecule has 0 unspecified atom stereocenters. The number of likely N-dealkylation sites (N-methyl/N-ethyl adjacent to an activating group) is 1. The highest BCUT2D eigenvalue weighted by molar-refractivity contribution is 6.30. The van der Waals surface area contributed by atoms with E-state index in [9.17, 15) is 9.59 Å². The largest absolute Gasteiger partial charge is 0.356 e. The Hall–Kier alpha value is -2.37. The van der Waals surface area contributed by atoms with E-state index >= 15 is 0 Å². The van der Waals surface area contributed by atoms with E-state index in [0.29, 0.717) is 11.6 Å². The van der Waals surface area contributed by atoms with Crippen molar-refractivity contribution in [2.75, 3.05) is 13.7 Å². The van der Waals surface area contributed by atoms with Crippen molar-refractivity contribution in [2.24, 2.45) is 0 Å². The Morgan fingerprint density at radius 1 is 1.23 bits per heavy atom. The van der Waals surface area contributed by atoms with Gasteiger partial charge in [-0.15, -0.1) is 0 Å². The second-order valence-corrected chi connectivity index (χ2v) is 6.81. The van der Waals surface area contributed by atoms with Crippen molar-refractivity contribution in [1.82, 2.24) is 10.2 Å². The first kappa shape index (κ1) is 18.4. The standard InChI is InChI=1S/C20H21ClN2O3/c1-13-5-3-4-6-15(13)11-22-20(25)19-18(23(2)17(24)12-26-19)14-7-9-16(21)10-8-14/h3-10,18-19H,11-12H2,1-2H3,(H,22,25)/t18-,19+/m1/s1. The third-order valence-corrected chi connectivity index (χ3v) is 4.92.